The fraction of sp³-hybridized carbons (Fsp3) is 0.545. The molecule has 1 aromatic rings. The van der Waals surface area contributed by atoms with Gasteiger partial charge in [-0.15, -0.1) is 0 Å². The van der Waals surface area contributed by atoms with Crippen LogP contribution >= 0.6 is 0 Å². The minimum atomic E-state index is -0.313. The summed E-state index contributed by atoms with van der Waals surface area (Å²) < 4.78 is 5.47. The van der Waals surface area contributed by atoms with Crippen molar-refractivity contribution in [1.29, 1.82) is 0 Å². The zero-order chi connectivity index (χ0) is 20.9. The number of hydrazone groups is 1. The molecule has 0 N–H and O–H groups in total. The van der Waals surface area contributed by atoms with Crippen molar-refractivity contribution in [3.63, 3.8) is 0 Å². The highest BCUT2D eigenvalue weighted by Gasteiger charge is 2.31. The van der Waals surface area contributed by atoms with E-state index < -0.39 is 0 Å². The lowest BCUT2D eigenvalue weighted by molar-refractivity contribution is -0.146. The molecule has 8 heteroatoms. The third-order valence-electron chi connectivity index (χ3n) is 5.90. The van der Waals surface area contributed by atoms with Crippen molar-refractivity contribution >= 4 is 23.4 Å². The minimum Gasteiger partial charge on any atom is -0.368 e. The van der Waals surface area contributed by atoms with Crippen LogP contribution in [0.2, 0.25) is 0 Å². The Bertz CT molecular complexity index is 812. The topological polar surface area (TPSA) is 82.5 Å². The van der Waals surface area contributed by atoms with E-state index in [0.29, 0.717) is 39.3 Å². The normalized spacial score (nSPS) is 21.7. The highest BCUT2D eigenvalue weighted by molar-refractivity contribution is 6.02. The fourth-order valence-electron chi connectivity index (χ4n) is 4.12. The lowest BCUT2D eigenvalue weighted by Gasteiger charge is -2.35. The Morgan fingerprint density at radius 3 is 2.33 bits per heavy atom. The van der Waals surface area contributed by atoms with Crippen LogP contribution in [0.25, 0.3) is 0 Å². The summed E-state index contributed by atoms with van der Waals surface area (Å²) in [6, 6.07) is 9.83. The number of hydrogen-bond acceptors (Lipinski definition) is 5. The summed E-state index contributed by atoms with van der Waals surface area (Å²) in [5, 5.41) is 5.92. The van der Waals surface area contributed by atoms with E-state index in [2.05, 4.69) is 5.10 Å². The van der Waals surface area contributed by atoms with Crippen molar-refractivity contribution in [2.45, 2.75) is 38.2 Å². The number of benzene rings is 1. The van der Waals surface area contributed by atoms with Crippen LogP contribution in [0, 0.1) is 0 Å². The Hall–Kier alpha value is -2.74. The summed E-state index contributed by atoms with van der Waals surface area (Å²) in [6.45, 7) is 3.26. The van der Waals surface area contributed by atoms with Gasteiger partial charge in [0.1, 0.15) is 6.10 Å². The highest BCUT2D eigenvalue weighted by atomic mass is 16.5. The average Bonchev–Trinajstić information content (AvgIpc) is 3.50. The van der Waals surface area contributed by atoms with Crippen LogP contribution in [0.5, 0.6) is 0 Å². The van der Waals surface area contributed by atoms with E-state index in [4.69, 9.17) is 4.74 Å². The first-order valence-corrected chi connectivity index (χ1v) is 10.7. The monoisotopic (exact) mass is 412 g/mol. The molecule has 2 saturated heterocycles. The predicted octanol–water partition coefficient (Wildman–Crippen LogP) is 1.25. The summed E-state index contributed by atoms with van der Waals surface area (Å²) in [7, 11) is 0. The quantitative estimate of drug-likeness (QED) is 0.729. The number of piperazine rings is 1. The number of ether oxygens (including phenoxy) is 1. The first-order valence-electron chi connectivity index (χ1n) is 10.7. The predicted molar refractivity (Wildman–Crippen MR) is 111 cm³/mol. The van der Waals surface area contributed by atoms with Gasteiger partial charge in [0.15, 0.2) is 0 Å². The Balaban J connectivity index is 1.21. The first kappa shape index (κ1) is 20.5. The molecule has 3 aliphatic rings. The maximum Gasteiger partial charge on any atom is 0.251 e. The molecule has 0 aromatic heterocycles. The Kier molecular flexibility index (Phi) is 6.42. The molecule has 2 fully saturated rings. The highest BCUT2D eigenvalue weighted by Crippen LogP contribution is 2.17. The summed E-state index contributed by atoms with van der Waals surface area (Å²) >= 11 is 0. The van der Waals surface area contributed by atoms with Crippen molar-refractivity contribution in [2.75, 3.05) is 39.3 Å². The Morgan fingerprint density at radius 1 is 0.933 bits per heavy atom. The van der Waals surface area contributed by atoms with Crippen LogP contribution in [0.15, 0.2) is 35.4 Å². The summed E-state index contributed by atoms with van der Waals surface area (Å²) in [5.41, 5.74) is 1.93. The van der Waals surface area contributed by atoms with Crippen molar-refractivity contribution in [1.82, 2.24) is 14.8 Å². The maximum atomic E-state index is 12.5. The van der Waals surface area contributed by atoms with Crippen LogP contribution in [-0.2, 0) is 19.1 Å². The number of carbonyl (C=O) groups excluding carboxylic acids is 3. The molecule has 160 valence electrons. The molecule has 3 heterocycles. The van der Waals surface area contributed by atoms with Crippen LogP contribution in [0.1, 0.15) is 37.7 Å². The Morgan fingerprint density at radius 2 is 1.63 bits per heavy atom. The van der Waals surface area contributed by atoms with E-state index in [1.54, 1.807) is 9.80 Å². The van der Waals surface area contributed by atoms with Gasteiger partial charge in [-0.05, 0) is 18.4 Å². The van der Waals surface area contributed by atoms with Gasteiger partial charge in [0.2, 0.25) is 11.8 Å². The van der Waals surface area contributed by atoms with Gasteiger partial charge in [-0.1, -0.05) is 30.3 Å². The minimum absolute atomic E-state index is 0.0379. The Labute approximate surface area is 176 Å². The largest absolute Gasteiger partial charge is 0.368 e. The molecule has 0 radical (unpaired) electrons. The molecule has 4 rings (SSSR count). The van der Waals surface area contributed by atoms with Crippen LogP contribution < -0.4 is 0 Å². The van der Waals surface area contributed by atoms with E-state index in [-0.39, 0.29) is 36.7 Å². The zero-order valence-electron chi connectivity index (χ0n) is 17.2. The summed E-state index contributed by atoms with van der Waals surface area (Å²) in [6.07, 6.45) is 2.45. The van der Waals surface area contributed by atoms with E-state index in [1.807, 2.05) is 30.3 Å². The van der Waals surface area contributed by atoms with E-state index in [9.17, 15) is 14.4 Å². The number of rotatable bonds is 5. The molecule has 3 amide bonds. The van der Waals surface area contributed by atoms with E-state index in [0.717, 1.165) is 30.5 Å². The molecular formula is C22H28N4O4. The number of hydrogen-bond donors (Lipinski definition) is 0. The first-order chi connectivity index (χ1) is 14.6. The van der Waals surface area contributed by atoms with Gasteiger partial charge >= 0.3 is 0 Å². The van der Waals surface area contributed by atoms with Crippen LogP contribution in [0.4, 0.5) is 0 Å². The fourth-order valence-corrected chi connectivity index (χ4v) is 4.12. The van der Waals surface area contributed by atoms with Gasteiger partial charge < -0.3 is 14.5 Å². The molecule has 3 aliphatic heterocycles. The van der Waals surface area contributed by atoms with Crippen LogP contribution in [-0.4, -0.2) is 83.7 Å². The van der Waals surface area contributed by atoms with Gasteiger partial charge in [0.25, 0.3) is 5.91 Å². The number of carbonyl (C=O) groups is 3. The maximum absolute atomic E-state index is 12.5. The molecule has 0 aliphatic carbocycles. The molecule has 1 aromatic carbocycles. The molecule has 0 spiro atoms. The smallest absolute Gasteiger partial charge is 0.251 e. The van der Waals surface area contributed by atoms with E-state index in [1.165, 1.54) is 5.01 Å². The third kappa shape index (κ3) is 4.70. The zero-order valence-corrected chi connectivity index (χ0v) is 17.2. The second kappa shape index (κ2) is 9.38. The van der Waals surface area contributed by atoms with Crippen molar-refractivity contribution in [2.24, 2.45) is 5.10 Å². The van der Waals surface area contributed by atoms with Gasteiger partial charge in [-0.3, -0.25) is 14.4 Å². The number of nitrogens with zero attached hydrogens (tertiary/aromatic N) is 4. The standard InChI is InChI=1S/C22H28N4O4/c27-20(24-12-14-25(15-13-24)22(29)19-7-4-16-30-19)8-9-21(28)26-11-10-18(23-26)17-5-2-1-3-6-17/h1-3,5-6,19H,4,7-16H2. The van der Waals surface area contributed by atoms with Crippen LogP contribution in [0.3, 0.4) is 0 Å². The van der Waals surface area contributed by atoms with Gasteiger partial charge in [-0.25, -0.2) is 5.01 Å². The van der Waals surface area contributed by atoms with Gasteiger partial charge in [0, 0.05) is 52.0 Å². The third-order valence-corrected chi connectivity index (χ3v) is 5.90. The van der Waals surface area contributed by atoms with E-state index >= 15 is 0 Å². The molecule has 0 bridgehead atoms. The molecule has 1 unspecified atom stereocenters. The van der Waals surface area contributed by atoms with Crippen molar-refractivity contribution in [3.05, 3.63) is 35.9 Å². The second-order valence-corrected chi connectivity index (χ2v) is 7.89. The summed E-state index contributed by atoms with van der Waals surface area (Å²) in [5.74, 6) is -0.128. The second-order valence-electron chi connectivity index (χ2n) is 7.89. The van der Waals surface area contributed by atoms with Gasteiger partial charge in [-0.2, -0.15) is 5.10 Å². The lowest BCUT2D eigenvalue weighted by Crippen LogP contribution is -2.52. The molecular weight excluding hydrogens is 384 g/mol. The summed E-state index contributed by atoms with van der Waals surface area (Å²) in [4.78, 5) is 40.9. The SMILES string of the molecule is O=C(CCC(=O)N1CCC(c2ccccc2)=N1)N1CCN(C(=O)C2CCCO2)CC1. The molecule has 0 saturated carbocycles. The molecule has 30 heavy (non-hydrogen) atoms. The van der Waals surface area contributed by atoms with Crippen molar-refractivity contribution in [3.8, 4) is 0 Å². The van der Waals surface area contributed by atoms with Gasteiger partial charge in [0.05, 0.1) is 12.3 Å². The lowest BCUT2D eigenvalue weighted by atomic mass is 10.1. The van der Waals surface area contributed by atoms with Crippen molar-refractivity contribution < 1.29 is 19.1 Å². The average molecular weight is 412 g/mol. The molecule has 1 atom stereocenters. The number of amides is 3. The molecule has 8 nitrogen and oxygen atoms in total.